The van der Waals surface area contributed by atoms with E-state index < -0.39 is 0 Å². The molecule has 0 saturated heterocycles. The Labute approximate surface area is 214 Å². The number of amides is 1. The topological polar surface area (TPSA) is 65.1 Å². The van der Waals surface area contributed by atoms with Gasteiger partial charge in [-0.2, -0.15) is 0 Å². The summed E-state index contributed by atoms with van der Waals surface area (Å²) in [5, 5.41) is 13.4. The zero-order valence-corrected chi connectivity index (χ0v) is 22.5. The van der Waals surface area contributed by atoms with Crippen molar-refractivity contribution in [1.29, 1.82) is 0 Å². The number of aliphatic hydroxyl groups is 1. The van der Waals surface area contributed by atoms with E-state index in [0.717, 1.165) is 31.2 Å². The normalized spacial score (nSPS) is 11.4. The highest BCUT2D eigenvalue weighted by atomic mass is 16.2. The summed E-state index contributed by atoms with van der Waals surface area (Å²) in [5.41, 5.74) is 3.64. The minimum absolute atomic E-state index is 0.183. The van der Waals surface area contributed by atoms with E-state index in [1.54, 1.807) is 0 Å². The Kier molecular flexibility index (Phi) is 16.3. The quantitative estimate of drug-likeness (QED) is 0.148. The van der Waals surface area contributed by atoms with Gasteiger partial charge < -0.3 is 15.4 Å². The van der Waals surface area contributed by atoms with Crippen LogP contribution in [0.2, 0.25) is 0 Å². The summed E-state index contributed by atoms with van der Waals surface area (Å²) < 4.78 is 0. The number of aromatic amines is 1. The third-order valence-corrected chi connectivity index (χ3v) is 7.18. The Morgan fingerprint density at radius 3 is 2.00 bits per heavy atom. The molecule has 3 N–H and O–H groups in total. The van der Waals surface area contributed by atoms with Crippen LogP contribution in [0.25, 0.3) is 10.9 Å². The molecule has 0 aliphatic heterocycles. The second-order valence-corrected chi connectivity index (χ2v) is 10.3. The zero-order chi connectivity index (χ0) is 25.0. The number of rotatable bonds is 22. The second-order valence-electron chi connectivity index (χ2n) is 10.3. The van der Waals surface area contributed by atoms with Crippen molar-refractivity contribution in [1.82, 2.24) is 10.3 Å². The van der Waals surface area contributed by atoms with Gasteiger partial charge >= 0.3 is 0 Å². The van der Waals surface area contributed by atoms with E-state index in [2.05, 4.69) is 41.6 Å². The summed E-state index contributed by atoms with van der Waals surface area (Å²) in [6, 6.07) is 6.45. The summed E-state index contributed by atoms with van der Waals surface area (Å²) >= 11 is 0. The highest BCUT2D eigenvalue weighted by molar-refractivity contribution is 5.84. The molecule has 0 fully saturated rings. The minimum atomic E-state index is 0.183. The first kappa shape index (κ1) is 29.4. The molecular formula is C31H52N2O2. The lowest BCUT2D eigenvalue weighted by atomic mass is 10.0. The molecule has 198 valence electrons. The van der Waals surface area contributed by atoms with E-state index in [0.29, 0.717) is 13.0 Å². The lowest BCUT2D eigenvalue weighted by Crippen LogP contribution is -2.25. The van der Waals surface area contributed by atoms with Crippen molar-refractivity contribution in [2.24, 2.45) is 0 Å². The Morgan fingerprint density at radius 2 is 1.40 bits per heavy atom. The SMILES string of the molecule is CCCCCCCCCCCCCCCCCC(=O)NCCc1c[nH]c2ccc(CCCO)cc12. The van der Waals surface area contributed by atoms with Crippen LogP contribution in [0.15, 0.2) is 24.4 Å². The van der Waals surface area contributed by atoms with Gasteiger partial charge in [-0.15, -0.1) is 0 Å². The van der Waals surface area contributed by atoms with Gasteiger partial charge in [-0.25, -0.2) is 0 Å². The number of aliphatic hydroxyl groups excluding tert-OH is 1. The van der Waals surface area contributed by atoms with Gasteiger partial charge in [0.2, 0.25) is 5.91 Å². The van der Waals surface area contributed by atoms with E-state index in [1.807, 2.05) is 0 Å². The van der Waals surface area contributed by atoms with Crippen molar-refractivity contribution < 1.29 is 9.90 Å². The maximum Gasteiger partial charge on any atom is 0.220 e. The number of hydrogen-bond acceptors (Lipinski definition) is 2. The molecule has 0 radical (unpaired) electrons. The van der Waals surface area contributed by atoms with Crippen LogP contribution in [0.3, 0.4) is 0 Å². The molecule has 0 aliphatic rings. The predicted octanol–water partition coefficient (Wildman–Crippen LogP) is 8.01. The molecule has 0 spiro atoms. The van der Waals surface area contributed by atoms with Crippen molar-refractivity contribution in [3.8, 4) is 0 Å². The average molecular weight is 485 g/mol. The van der Waals surface area contributed by atoms with Gasteiger partial charge in [0.25, 0.3) is 0 Å². The van der Waals surface area contributed by atoms with Gasteiger partial charge in [0.05, 0.1) is 0 Å². The van der Waals surface area contributed by atoms with Crippen molar-refractivity contribution in [3.05, 3.63) is 35.5 Å². The number of carbonyl (C=O) groups excluding carboxylic acids is 1. The van der Waals surface area contributed by atoms with E-state index in [9.17, 15) is 4.79 Å². The number of nitrogens with one attached hydrogen (secondary N) is 2. The third-order valence-electron chi connectivity index (χ3n) is 7.18. The fraction of sp³-hybridized carbons (Fsp3) is 0.710. The van der Waals surface area contributed by atoms with Crippen LogP contribution in [-0.2, 0) is 17.6 Å². The van der Waals surface area contributed by atoms with Crippen LogP contribution >= 0.6 is 0 Å². The van der Waals surface area contributed by atoms with E-state index in [-0.39, 0.29) is 12.5 Å². The summed E-state index contributed by atoms with van der Waals surface area (Å²) in [7, 11) is 0. The summed E-state index contributed by atoms with van der Waals surface area (Å²) in [6.45, 7) is 3.19. The summed E-state index contributed by atoms with van der Waals surface area (Å²) in [4.78, 5) is 15.5. The molecule has 1 amide bonds. The molecule has 0 saturated carbocycles. The van der Waals surface area contributed by atoms with Gasteiger partial charge in [0, 0.05) is 36.7 Å². The lowest BCUT2D eigenvalue weighted by Gasteiger charge is -2.06. The van der Waals surface area contributed by atoms with Crippen molar-refractivity contribution >= 4 is 16.8 Å². The maximum atomic E-state index is 12.2. The fourth-order valence-electron chi connectivity index (χ4n) is 4.95. The number of fused-ring (bicyclic) bond motifs is 1. The van der Waals surface area contributed by atoms with Crippen LogP contribution in [0, 0.1) is 0 Å². The Balaban J connectivity index is 1.43. The molecule has 4 nitrogen and oxygen atoms in total. The molecule has 2 rings (SSSR count). The molecule has 1 heterocycles. The Bertz CT molecular complexity index is 798. The molecule has 4 heteroatoms. The number of aromatic nitrogens is 1. The molecule has 2 aromatic rings. The van der Waals surface area contributed by atoms with Gasteiger partial charge in [-0.3, -0.25) is 4.79 Å². The summed E-state index contributed by atoms with van der Waals surface area (Å²) in [5.74, 6) is 0.183. The number of hydrogen-bond donors (Lipinski definition) is 3. The molecule has 0 unspecified atom stereocenters. The molecular weight excluding hydrogens is 432 g/mol. The van der Waals surface area contributed by atoms with Crippen LogP contribution in [0.4, 0.5) is 0 Å². The Morgan fingerprint density at radius 1 is 0.800 bits per heavy atom. The molecule has 0 aliphatic carbocycles. The van der Waals surface area contributed by atoms with Crippen LogP contribution in [0.1, 0.15) is 127 Å². The predicted molar refractivity (Wildman–Crippen MR) is 150 cm³/mol. The molecule has 35 heavy (non-hydrogen) atoms. The molecule has 0 bridgehead atoms. The van der Waals surface area contributed by atoms with Gasteiger partial charge in [-0.1, -0.05) is 103 Å². The first-order valence-electron chi connectivity index (χ1n) is 14.7. The number of H-pyrrole nitrogens is 1. The van der Waals surface area contributed by atoms with E-state index >= 15 is 0 Å². The van der Waals surface area contributed by atoms with Crippen molar-refractivity contribution in [3.63, 3.8) is 0 Å². The van der Waals surface area contributed by atoms with Crippen LogP contribution in [0.5, 0.6) is 0 Å². The number of benzene rings is 1. The first-order valence-corrected chi connectivity index (χ1v) is 14.7. The maximum absolute atomic E-state index is 12.2. The average Bonchev–Trinajstić information content (AvgIpc) is 3.27. The fourth-order valence-corrected chi connectivity index (χ4v) is 4.95. The smallest absolute Gasteiger partial charge is 0.220 e. The molecule has 1 aromatic heterocycles. The van der Waals surface area contributed by atoms with Crippen molar-refractivity contribution in [2.45, 2.75) is 129 Å². The van der Waals surface area contributed by atoms with Gasteiger partial charge in [0.15, 0.2) is 0 Å². The largest absolute Gasteiger partial charge is 0.396 e. The van der Waals surface area contributed by atoms with Gasteiger partial charge in [0.1, 0.15) is 0 Å². The zero-order valence-electron chi connectivity index (χ0n) is 22.5. The van der Waals surface area contributed by atoms with Gasteiger partial charge in [-0.05, 0) is 48.9 Å². The summed E-state index contributed by atoms with van der Waals surface area (Å²) in [6.07, 6.45) is 25.4. The van der Waals surface area contributed by atoms with E-state index in [1.165, 1.54) is 106 Å². The monoisotopic (exact) mass is 484 g/mol. The number of aryl methyl sites for hydroxylation is 1. The Hall–Kier alpha value is -1.81. The molecule has 1 aromatic carbocycles. The minimum Gasteiger partial charge on any atom is -0.396 e. The molecule has 0 atom stereocenters. The highest BCUT2D eigenvalue weighted by Crippen LogP contribution is 2.21. The standard InChI is InChI=1S/C31H52N2O2/c1-2-3-4-5-6-7-8-9-10-11-12-13-14-15-16-19-31(35)32-23-22-28-26-33-30-21-20-27(18-17-24-34)25-29(28)30/h20-21,25-26,33-34H,2-19,22-24H2,1H3,(H,32,35). The van der Waals surface area contributed by atoms with Crippen LogP contribution < -0.4 is 5.32 Å². The van der Waals surface area contributed by atoms with E-state index in [4.69, 9.17) is 5.11 Å². The number of carbonyl (C=O) groups is 1. The second kappa shape index (κ2) is 19.4. The van der Waals surface area contributed by atoms with Crippen LogP contribution in [-0.4, -0.2) is 29.1 Å². The highest BCUT2D eigenvalue weighted by Gasteiger charge is 2.06. The number of unbranched alkanes of at least 4 members (excludes halogenated alkanes) is 14. The lowest BCUT2D eigenvalue weighted by molar-refractivity contribution is -0.121. The van der Waals surface area contributed by atoms with Crippen molar-refractivity contribution in [2.75, 3.05) is 13.2 Å². The first-order chi connectivity index (χ1) is 17.2. The third kappa shape index (κ3) is 13.2.